The minimum atomic E-state index is 0.829. The second-order valence-electron chi connectivity index (χ2n) is 2.26. The Hall–Kier alpha value is -0.460. The second-order valence-corrected chi connectivity index (χ2v) is 2.26. The molecule has 0 atom stereocenters. The van der Waals surface area contributed by atoms with Gasteiger partial charge in [-0.2, -0.15) is 0 Å². The van der Waals surface area contributed by atoms with E-state index in [2.05, 4.69) is 6.08 Å². The minimum Gasteiger partial charge on any atom is -0.505 e. The molecular formula is C7H12O. The lowest BCUT2D eigenvalue weighted by molar-refractivity contribution is 0.320. The summed E-state index contributed by atoms with van der Waals surface area (Å²) in [5.41, 5.74) is 0. The summed E-state index contributed by atoms with van der Waals surface area (Å²) in [7, 11) is 1.69. The van der Waals surface area contributed by atoms with Crippen LogP contribution in [0.15, 0.2) is 12.3 Å². The molecule has 8 heavy (non-hydrogen) atoms. The Balaban J connectivity index is 2.08. The molecule has 0 amide bonds. The molecule has 0 aromatic rings. The van der Waals surface area contributed by atoms with E-state index in [4.69, 9.17) is 4.74 Å². The third kappa shape index (κ3) is 1.25. The maximum absolute atomic E-state index is 4.77. The fourth-order valence-corrected chi connectivity index (χ4v) is 0.822. The second kappa shape index (κ2) is 2.75. The molecular weight excluding hydrogens is 100 g/mol. The maximum atomic E-state index is 4.77. The first-order chi connectivity index (χ1) is 3.93. The molecule has 0 radical (unpaired) electrons. The van der Waals surface area contributed by atoms with Crippen LogP contribution in [-0.2, 0) is 4.74 Å². The highest BCUT2D eigenvalue weighted by atomic mass is 16.5. The third-order valence-electron chi connectivity index (χ3n) is 1.64. The lowest BCUT2D eigenvalue weighted by Gasteiger charge is -2.20. The summed E-state index contributed by atoms with van der Waals surface area (Å²) < 4.78 is 4.77. The van der Waals surface area contributed by atoms with Gasteiger partial charge in [0, 0.05) is 0 Å². The summed E-state index contributed by atoms with van der Waals surface area (Å²) in [6.07, 6.45) is 8.05. The molecule has 0 bridgehead atoms. The van der Waals surface area contributed by atoms with Crippen LogP contribution >= 0.6 is 0 Å². The number of hydrogen-bond donors (Lipinski definition) is 0. The third-order valence-corrected chi connectivity index (χ3v) is 1.64. The van der Waals surface area contributed by atoms with Crippen LogP contribution in [0.25, 0.3) is 0 Å². The highest BCUT2D eigenvalue weighted by Crippen LogP contribution is 2.26. The summed E-state index contributed by atoms with van der Waals surface area (Å²) in [5, 5.41) is 0. The molecule has 1 nitrogen and oxygen atoms in total. The molecule has 0 aromatic carbocycles. The molecule has 0 N–H and O–H groups in total. The molecule has 0 saturated heterocycles. The zero-order valence-electron chi connectivity index (χ0n) is 5.26. The summed E-state index contributed by atoms with van der Waals surface area (Å²) >= 11 is 0. The van der Waals surface area contributed by atoms with E-state index < -0.39 is 0 Å². The zero-order valence-corrected chi connectivity index (χ0v) is 5.26. The topological polar surface area (TPSA) is 9.23 Å². The van der Waals surface area contributed by atoms with Crippen LogP contribution < -0.4 is 0 Å². The van der Waals surface area contributed by atoms with Crippen molar-refractivity contribution in [2.75, 3.05) is 7.11 Å². The van der Waals surface area contributed by atoms with E-state index in [-0.39, 0.29) is 0 Å². The Bertz CT molecular complexity index is 82.4. The van der Waals surface area contributed by atoms with Crippen LogP contribution in [0.2, 0.25) is 0 Å². The van der Waals surface area contributed by atoms with Gasteiger partial charge in [-0.3, -0.25) is 0 Å². The molecule has 0 heterocycles. The molecule has 0 unspecified atom stereocenters. The lowest BCUT2D eigenvalue weighted by Crippen LogP contribution is -2.06. The molecule has 0 aromatic heterocycles. The predicted octanol–water partition coefficient (Wildman–Crippen LogP) is 1.95. The van der Waals surface area contributed by atoms with Crippen LogP contribution in [0.5, 0.6) is 0 Å². The quantitative estimate of drug-likeness (QED) is 0.496. The van der Waals surface area contributed by atoms with Crippen molar-refractivity contribution in [1.29, 1.82) is 0 Å². The van der Waals surface area contributed by atoms with Crippen LogP contribution in [0.1, 0.15) is 19.3 Å². The van der Waals surface area contributed by atoms with E-state index in [0.29, 0.717) is 0 Å². The van der Waals surface area contributed by atoms with Crippen LogP contribution in [-0.4, -0.2) is 7.11 Å². The van der Waals surface area contributed by atoms with E-state index in [9.17, 15) is 0 Å². The lowest BCUT2D eigenvalue weighted by atomic mass is 9.86. The smallest absolute Gasteiger partial charge is 0.0787 e. The number of hydrogen-bond acceptors (Lipinski definition) is 1. The Labute approximate surface area is 50.3 Å². The van der Waals surface area contributed by atoms with Crippen molar-refractivity contribution in [3.8, 4) is 0 Å². The van der Waals surface area contributed by atoms with Crippen LogP contribution in [0, 0.1) is 5.92 Å². The standard InChI is InChI=1S/C7H12O/c1-8-6-5-7-3-2-4-7/h5-7H,2-4H2,1H3. The molecule has 1 rings (SSSR count). The van der Waals surface area contributed by atoms with Gasteiger partial charge >= 0.3 is 0 Å². The van der Waals surface area contributed by atoms with Crippen molar-refractivity contribution in [3.05, 3.63) is 12.3 Å². The van der Waals surface area contributed by atoms with Crippen LogP contribution in [0.3, 0.4) is 0 Å². The zero-order chi connectivity index (χ0) is 5.82. The van der Waals surface area contributed by atoms with E-state index >= 15 is 0 Å². The van der Waals surface area contributed by atoms with Crippen molar-refractivity contribution in [3.63, 3.8) is 0 Å². The van der Waals surface area contributed by atoms with Crippen molar-refractivity contribution in [2.45, 2.75) is 19.3 Å². The maximum Gasteiger partial charge on any atom is 0.0787 e. The predicted molar refractivity (Wildman–Crippen MR) is 33.5 cm³/mol. The van der Waals surface area contributed by atoms with E-state index in [1.807, 2.05) is 0 Å². The first-order valence-corrected chi connectivity index (χ1v) is 3.13. The van der Waals surface area contributed by atoms with Crippen LogP contribution in [0.4, 0.5) is 0 Å². The molecule has 1 aliphatic carbocycles. The first-order valence-electron chi connectivity index (χ1n) is 3.13. The van der Waals surface area contributed by atoms with Crippen molar-refractivity contribution in [2.24, 2.45) is 5.92 Å². The van der Waals surface area contributed by atoms with Crippen molar-refractivity contribution >= 4 is 0 Å². The molecule has 1 fully saturated rings. The van der Waals surface area contributed by atoms with E-state index in [1.165, 1.54) is 19.3 Å². The van der Waals surface area contributed by atoms with Gasteiger partial charge in [0.25, 0.3) is 0 Å². The number of allylic oxidation sites excluding steroid dienone is 1. The van der Waals surface area contributed by atoms with Crippen molar-refractivity contribution in [1.82, 2.24) is 0 Å². The van der Waals surface area contributed by atoms with Gasteiger partial charge < -0.3 is 4.74 Å². The largest absolute Gasteiger partial charge is 0.505 e. The first kappa shape index (κ1) is 5.67. The number of methoxy groups -OCH3 is 1. The van der Waals surface area contributed by atoms with Gasteiger partial charge in [-0.25, -0.2) is 0 Å². The van der Waals surface area contributed by atoms with Gasteiger partial charge in [0.1, 0.15) is 0 Å². The van der Waals surface area contributed by atoms with Gasteiger partial charge in [0.2, 0.25) is 0 Å². The average Bonchev–Trinajstić information content (AvgIpc) is 1.63. The molecule has 1 aliphatic rings. The van der Waals surface area contributed by atoms with Gasteiger partial charge in [-0.05, 0) is 24.8 Å². The molecule has 1 saturated carbocycles. The van der Waals surface area contributed by atoms with Gasteiger partial charge in [-0.1, -0.05) is 6.42 Å². The monoisotopic (exact) mass is 112 g/mol. The summed E-state index contributed by atoms with van der Waals surface area (Å²) in [4.78, 5) is 0. The summed E-state index contributed by atoms with van der Waals surface area (Å²) in [6.45, 7) is 0. The van der Waals surface area contributed by atoms with E-state index in [1.54, 1.807) is 13.4 Å². The minimum absolute atomic E-state index is 0.829. The fraction of sp³-hybridized carbons (Fsp3) is 0.714. The Morgan fingerprint density at radius 3 is 2.62 bits per heavy atom. The number of rotatable bonds is 2. The Kier molecular flexibility index (Phi) is 1.95. The van der Waals surface area contributed by atoms with Crippen molar-refractivity contribution < 1.29 is 4.74 Å². The number of ether oxygens (including phenoxy) is 1. The van der Waals surface area contributed by atoms with E-state index in [0.717, 1.165) is 5.92 Å². The van der Waals surface area contributed by atoms with Gasteiger partial charge in [0.05, 0.1) is 13.4 Å². The summed E-state index contributed by atoms with van der Waals surface area (Å²) in [5.74, 6) is 0.829. The normalized spacial score (nSPS) is 21.1. The highest BCUT2D eigenvalue weighted by Gasteiger charge is 2.12. The van der Waals surface area contributed by atoms with Gasteiger partial charge in [0.15, 0.2) is 0 Å². The molecule has 0 spiro atoms. The molecule has 1 heteroatoms. The van der Waals surface area contributed by atoms with Gasteiger partial charge in [-0.15, -0.1) is 0 Å². The Morgan fingerprint density at radius 2 is 2.25 bits per heavy atom. The SMILES string of the molecule is COC=CC1CCC1. The summed E-state index contributed by atoms with van der Waals surface area (Å²) in [6, 6.07) is 0. The highest BCUT2D eigenvalue weighted by molar-refractivity contribution is 4.88. The average molecular weight is 112 g/mol. The Morgan fingerprint density at radius 1 is 1.50 bits per heavy atom. The molecule has 0 aliphatic heterocycles. The molecule has 46 valence electrons. The fourth-order valence-electron chi connectivity index (χ4n) is 0.822.